The number of carbonyl (C=O) groups is 1. The highest BCUT2D eigenvalue weighted by atomic mass is 16.5. The van der Waals surface area contributed by atoms with Crippen LogP contribution in [0.15, 0.2) is 61.3 Å². The molecule has 0 spiro atoms. The summed E-state index contributed by atoms with van der Waals surface area (Å²) in [5, 5.41) is 0. The van der Waals surface area contributed by atoms with Crippen LogP contribution < -0.4 is 4.74 Å². The van der Waals surface area contributed by atoms with Crippen LogP contribution in [-0.2, 0) is 6.42 Å². The van der Waals surface area contributed by atoms with Gasteiger partial charge in [-0.15, -0.1) is 0 Å². The SMILES string of the molecule is COc1cccc(CC(=O)c2cc(-c3cnccc3C)cn3ccnc23)n1. The first kappa shape index (κ1) is 16.9. The average molecular weight is 358 g/mol. The van der Waals surface area contributed by atoms with Crippen molar-refractivity contribution >= 4 is 11.4 Å². The Bertz CT molecular complexity index is 1130. The predicted octanol–water partition coefficient (Wildman–Crippen LogP) is 3.53. The molecule has 0 aliphatic heterocycles. The Morgan fingerprint density at radius 2 is 2.11 bits per heavy atom. The smallest absolute Gasteiger partial charge is 0.213 e. The van der Waals surface area contributed by atoms with Gasteiger partial charge in [0.1, 0.15) is 5.65 Å². The number of aryl methyl sites for hydroxylation is 1. The number of rotatable bonds is 5. The van der Waals surface area contributed by atoms with Gasteiger partial charge < -0.3 is 9.14 Å². The fourth-order valence-electron chi connectivity index (χ4n) is 3.08. The number of hydrogen-bond donors (Lipinski definition) is 0. The standard InChI is InChI=1S/C21H18N4O2/c1-14-6-7-22-12-18(14)15-10-17(21-23-8-9-25(21)13-15)19(26)11-16-4-3-5-20(24-16)27-2/h3-10,12-13H,11H2,1-2H3. The van der Waals surface area contributed by atoms with Crippen LogP contribution in [0.1, 0.15) is 21.6 Å². The number of imidazole rings is 1. The molecular weight excluding hydrogens is 340 g/mol. The summed E-state index contributed by atoms with van der Waals surface area (Å²) in [4.78, 5) is 26.0. The molecule has 27 heavy (non-hydrogen) atoms. The number of pyridine rings is 3. The van der Waals surface area contributed by atoms with Crippen molar-refractivity contribution in [3.63, 3.8) is 0 Å². The number of hydrogen-bond acceptors (Lipinski definition) is 5. The van der Waals surface area contributed by atoms with E-state index in [0.29, 0.717) is 22.8 Å². The maximum absolute atomic E-state index is 13.0. The third-order valence-electron chi connectivity index (χ3n) is 4.47. The van der Waals surface area contributed by atoms with Crippen LogP contribution in [0.5, 0.6) is 5.88 Å². The van der Waals surface area contributed by atoms with E-state index in [4.69, 9.17) is 4.74 Å². The third-order valence-corrected chi connectivity index (χ3v) is 4.47. The zero-order chi connectivity index (χ0) is 18.8. The molecule has 0 unspecified atom stereocenters. The lowest BCUT2D eigenvalue weighted by atomic mass is 10.00. The zero-order valence-electron chi connectivity index (χ0n) is 15.1. The summed E-state index contributed by atoms with van der Waals surface area (Å²) in [6.45, 7) is 2.02. The Labute approximate surface area is 156 Å². The molecule has 4 aromatic heterocycles. The minimum absolute atomic E-state index is 0.0460. The number of aromatic nitrogens is 4. The molecule has 0 aliphatic carbocycles. The molecule has 0 saturated carbocycles. The van der Waals surface area contributed by atoms with Gasteiger partial charge in [0.15, 0.2) is 5.78 Å². The van der Waals surface area contributed by atoms with Crippen LogP contribution in [0.3, 0.4) is 0 Å². The van der Waals surface area contributed by atoms with Gasteiger partial charge in [-0.2, -0.15) is 0 Å². The number of ketones is 1. The molecule has 0 N–H and O–H groups in total. The molecule has 4 heterocycles. The number of methoxy groups -OCH3 is 1. The third kappa shape index (κ3) is 3.29. The van der Waals surface area contributed by atoms with E-state index in [2.05, 4.69) is 15.0 Å². The maximum atomic E-state index is 13.0. The first-order chi connectivity index (χ1) is 13.2. The summed E-state index contributed by atoms with van der Waals surface area (Å²) in [5.41, 5.74) is 4.86. The highest BCUT2D eigenvalue weighted by Crippen LogP contribution is 2.25. The van der Waals surface area contributed by atoms with Gasteiger partial charge in [0.25, 0.3) is 0 Å². The summed E-state index contributed by atoms with van der Waals surface area (Å²) < 4.78 is 7.01. The summed E-state index contributed by atoms with van der Waals surface area (Å²) in [7, 11) is 1.56. The lowest BCUT2D eigenvalue weighted by Gasteiger charge is -2.10. The average Bonchev–Trinajstić information content (AvgIpc) is 3.16. The van der Waals surface area contributed by atoms with Crippen LogP contribution in [-0.4, -0.2) is 32.2 Å². The van der Waals surface area contributed by atoms with Gasteiger partial charge in [0, 0.05) is 48.2 Å². The number of ether oxygens (including phenoxy) is 1. The lowest BCUT2D eigenvalue weighted by molar-refractivity contribution is 0.0993. The first-order valence-corrected chi connectivity index (χ1v) is 8.56. The molecule has 0 fully saturated rings. The first-order valence-electron chi connectivity index (χ1n) is 8.56. The maximum Gasteiger partial charge on any atom is 0.213 e. The van der Waals surface area contributed by atoms with Crippen LogP contribution in [0.2, 0.25) is 0 Å². The van der Waals surface area contributed by atoms with Gasteiger partial charge in [-0.3, -0.25) is 9.78 Å². The van der Waals surface area contributed by atoms with Crippen LogP contribution in [0, 0.1) is 6.92 Å². The molecule has 4 rings (SSSR count). The van der Waals surface area contributed by atoms with E-state index in [-0.39, 0.29) is 12.2 Å². The summed E-state index contributed by atoms with van der Waals surface area (Å²) in [6, 6.07) is 9.24. The van der Waals surface area contributed by atoms with Crippen molar-refractivity contribution in [2.24, 2.45) is 0 Å². The van der Waals surface area contributed by atoms with Crippen molar-refractivity contribution in [1.29, 1.82) is 0 Å². The molecule has 0 radical (unpaired) electrons. The van der Waals surface area contributed by atoms with Crippen molar-refractivity contribution in [2.75, 3.05) is 7.11 Å². The van der Waals surface area contributed by atoms with E-state index < -0.39 is 0 Å². The number of fused-ring (bicyclic) bond motifs is 1. The van der Waals surface area contributed by atoms with Crippen LogP contribution >= 0.6 is 0 Å². The topological polar surface area (TPSA) is 69.4 Å². The van der Waals surface area contributed by atoms with Crippen molar-refractivity contribution < 1.29 is 9.53 Å². The Morgan fingerprint density at radius 3 is 2.93 bits per heavy atom. The van der Waals surface area contributed by atoms with Crippen molar-refractivity contribution in [3.05, 3.63) is 78.1 Å². The molecule has 0 saturated heterocycles. The van der Waals surface area contributed by atoms with E-state index in [1.165, 1.54) is 0 Å². The van der Waals surface area contributed by atoms with Gasteiger partial charge in [0.2, 0.25) is 5.88 Å². The molecule has 0 aromatic carbocycles. The van der Waals surface area contributed by atoms with Crippen LogP contribution in [0.4, 0.5) is 0 Å². The minimum Gasteiger partial charge on any atom is -0.481 e. The van der Waals surface area contributed by atoms with E-state index in [9.17, 15) is 4.79 Å². The number of nitrogens with zero attached hydrogens (tertiary/aromatic N) is 4. The summed E-state index contributed by atoms with van der Waals surface area (Å²) in [5.74, 6) is 0.446. The molecule has 4 aromatic rings. The quantitative estimate of drug-likeness (QED) is 0.511. The Kier molecular flexibility index (Phi) is 4.38. The number of carbonyl (C=O) groups excluding carboxylic acids is 1. The molecule has 0 aliphatic rings. The fraction of sp³-hybridized carbons (Fsp3) is 0.143. The largest absolute Gasteiger partial charge is 0.481 e. The molecule has 6 heteroatoms. The monoisotopic (exact) mass is 358 g/mol. The highest BCUT2D eigenvalue weighted by molar-refractivity contribution is 6.03. The normalized spacial score (nSPS) is 10.9. The van der Waals surface area contributed by atoms with Gasteiger partial charge >= 0.3 is 0 Å². The second-order valence-electron chi connectivity index (χ2n) is 6.26. The molecule has 6 nitrogen and oxygen atoms in total. The second-order valence-corrected chi connectivity index (χ2v) is 6.26. The molecule has 0 atom stereocenters. The van der Waals surface area contributed by atoms with Crippen molar-refractivity contribution in [3.8, 4) is 17.0 Å². The minimum atomic E-state index is -0.0460. The van der Waals surface area contributed by atoms with E-state index in [0.717, 1.165) is 16.7 Å². The highest BCUT2D eigenvalue weighted by Gasteiger charge is 2.16. The molecular formula is C21H18N4O2. The van der Waals surface area contributed by atoms with Gasteiger partial charge in [-0.25, -0.2) is 9.97 Å². The predicted molar refractivity (Wildman–Crippen MR) is 102 cm³/mol. The molecule has 0 bridgehead atoms. The Morgan fingerprint density at radius 1 is 1.22 bits per heavy atom. The lowest BCUT2D eigenvalue weighted by Crippen LogP contribution is -2.08. The molecule has 0 amide bonds. The van der Waals surface area contributed by atoms with Gasteiger partial charge in [-0.1, -0.05) is 6.07 Å². The van der Waals surface area contributed by atoms with E-state index in [1.54, 1.807) is 25.6 Å². The van der Waals surface area contributed by atoms with E-state index >= 15 is 0 Å². The molecule has 134 valence electrons. The Hall–Kier alpha value is -3.54. The van der Waals surface area contributed by atoms with Crippen molar-refractivity contribution in [1.82, 2.24) is 19.4 Å². The summed E-state index contributed by atoms with van der Waals surface area (Å²) in [6.07, 6.45) is 9.24. The van der Waals surface area contributed by atoms with Crippen LogP contribution in [0.25, 0.3) is 16.8 Å². The Balaban J connectivity index is 1.77. The summed E-state index contributed by atoms with van der Waals surface area (Å²) >= 11 is 0. The van der Waals surface area contributed by atoms with Gasteiger partial charge in [0.05, 0.1) is 24.8 Å². The van der Waals surface area contributed by atoms with E-state index in [1.807, 2.05) is 54.2 Å². The van der Waals surface area contributed by atoms with Crippen molar-refractivity contribution in [2.45, 2.75) is 13.3 Å². The second kappa shape index (κ2) is 6.99. The number of Topliss-reactive ketones (excluding diaryl/α,β-unsaturated/α-hetero) is 1. The zero-order valence-corrected chi connectivity index (χ0v) is 15.1. The fourth-order valence-corrected chi connectivity index (χ4v) is 3.08. The van der Waals surface area contributed by atoms with Gasteiger partial charge in [-0.05, 0) is 30.7 Å².